The number of hydrogen-bond donors (Lipinski definition) is 0. The molecule has 1 aromatic rings. The lowest BCUT2D eigenvalue weighted by molar-refractivity contribution is -0.144. The van der Waals surface area contributed by atoms with Crippen molar-refractivity contribution >= 4 is 33.5 Å². The minimum atomic E-state index is -0.572. The van der Waals surface area contributed by atoms with Crippen LogP contribution >= 0.6 is 27.5 Å². The molecule has 0 saturated heterocycles. The molecule has 0 spiro atoms. The smallest absolute Gasteiger partial charge is 0.334 e. The molecule has 1 rings (SSSR count). The highest BCUT2D eigenvalue weighted by molar-refractivity contribution is 9.10. The molecule has 1 aromatic heterocycles. The molecule has 0 saturated carbocycles. The van der Waals surface area contributed by atoms with E-state index in [1.165, 1.54) is 13.1 Å². The molecule has 0 aliphatic rings. The number of carbonyl (C=O) groups excluding carboxylic acids is 1. The second-order valence-corrected chi connectivity index (χ2v) is 4.84. The highest BCUT2D eigenvalue weighted by Crippen LogP contribution is 2.05. The summed E-state index contributed by atoms with van der Waals surface area (Å²) in [5, 5.41) is 0. The Hall–Kier alpha value is -1.08. The SMILES string of the molecule is CC(=O)OCn1cc(Br)c(=O)n([C@@H](C)CCl)c1=O. The Labute approximate surface area is 116 Å². The molecule has 0 radical (unpaired) electrons. The molecular formula is C10H12BrClN2O4. The first kappa shape index (κ1) is 15.0. The first-order chi connectivity index (χ1) is 8.38. The van der Waals surface area contributed by atoms with Gasteiger partial charge in [0.25, 0.3) is 5.56 Å². The molecule has 0 N–H and O–H groups in total. The molecule has 0 aliphatic heterocycles. The quantitative estimate of drug-likeness (QED) is 0.608. The van der Waals surface area contributed by atoms with Crippen molar-refractivity contribution < 1.29 is 9.53 Å². The van der Waals surface area contributed by atoms with E-state index in [-0.39, 0.29) is 17.1 Å². The van der Waals surface area contributed by atoms with Gasteiger partial charge in [0, 0.05) is 19.0 Å². The van der Waals surface area contributed by atoms with Crippen LogP contribution < -0.4 is 11.2 Å². The number of rotatable bonds is 4. The lowest BCUT2D eigenvalue weighted by atomic mass is 10.4. The van der Waals surface area contributed by atoms with Gasteiger partial charge in [-0.15, -0.1) is 11.6 Å². The molecule has 0 aliphatic carbocycles. The van der Waals surface area contributed by atoms with Crippen molar-refractivity contribution in [2.45, 2.75) is 26.6 Å². The second kappa shape index (κ2) is 6.19. The van der Waals surface area contributed by atoms with Crippen LogP contribution in [-0.4, -0.2) is 21.0 Å². The first-order valence-electron chi connectivity index (χ1n) is 5.09. The molecule has 0 aromatic carbocycles. The highest BCUT2D eigenvalue weighted by Gasteiger charge is 2.14. The Bertz CT molecular complexity index is 566. The average molecular weight is 340 g/mol. The van der Waals surface area contributed by atoms with Gasteiger partial charge in [-0.25, -0.2) is 4.79 Å². The number of nitrogens with zero attached hydrogens (tertiary/aromatic N) is 2. The zero-order valence-corrected chi connectivity index (χ0v) is 12.2. The van der Waals surface area contributed by atoms with Crippen LogP contribution in [-0.2, 0) is 16.3 Å². The van der Waals surface area contributed by atoms with Crippen LogP contribution in [0.4, 0.5) is 0 Å². The van der Waals surface area contributed by atoms with E-state index < -0.39 is 23.3 Å². The fourth-order valence-electron chi connectivity index (χ4n) is 1.30. The van der Waals surface area contributed by atoms with Crippen molar-refractivity contribution in [2.24, 2.45) is 0 Å². The summed E-state index contributed by atoms with van der Waals surface area (Å²) < 4.78 is 7.06. The molecule has 1 heterocycles. The zero-order valence-electron chi connectivity index (χ0n) is 9.85. The highest BCUT2D eigenvalue weighted by atomic mass is 79.9. The Morgan fingerprint density at radius 1 is 1.56 bits per heavy atom. The van der Waals surface area contributed by atoms with Crippen molar-refractivity contribution in [3.05, 3.63) is 31.5 Å². The number of ether oxygens (including phenoxy) is 1. The van der Waals surface area contributed by atoms with Gasteiger partial charge in [0.15, 0.2) is 6.73 Å². The monoisotopic (exact) mass is 338 g/mol. The molecule has 100 valence electrons. The minimum Gasteiger partial charge on any atom is -0.444 e. The van der Waals surface area contributed by atoms with Crippen molar-refractivity contribution in [3.63, 3.8) is 0 Å². The summed E-state index contributed by atoms with van der Waals surface area (Å²) in [6, 6.07) is -0.451. The van der Waals surface area contributed by atoms with Gasteiger partial charge in [0.1, 0.15) is 0 Å². The maximum absolute atomic E-state index is 12.0. The van der Waals surface area contributed by atoms with Crippen molar-refractivity contribution in [2.75, 3.05) is 5.88 Å². The molecule has 0 fully saturated rings. The Balaban J connectivity index is 3.31. The van der Waals surface area contributed by atoms with Gasteiger partial charge in [0.05, 0.1) is 10.5 Å². The van der Waals surface area contributed by atoms with Crippen LogP contribution in [0.3, 0.4) is 0 Å². The molecule has 0 unspecified atom stereocenters. The van der Waals surface area contributed by atoms with Crippen LogP contribution in [0.1, 0.15) is 19.9 Å². The predicted molar refractivity (Wildman–Crippen MR) is 69.9 cm³/mol. The van der Waals surface area contributed by atoms with Gasteiger partial charge < -0.3 is 4.74 Å². The van der Waals surface area contributed by atoms with Gasteiger partial charge >= 0.3 is 11.7 Å². The van der Waals surface area contributed by atoms with E-state index in [0.29, 0.717) is 0 Å². The van der Waals surface area contributed by atoms with E-state index >= 15 is 0 Å². The zero-order chi connectivity index (χ0) is 13.9. The molecule has 0 bridgehead atoms. The summed E-state index contributed by atoms with van der Waals surface area (Å²) in [6.07, 6.45) is 1.28. The maximum atomic E-state index is 12.0. The minimum absolute atomic E-state index is 0.124. The summed E-state index contributed by atoms with van der Waals surface area (Å²) in [5.74, 6) is -0.389. The number of halogens is 2. The van der Waals surface area contributed by atoms with Crippen LogP contribution in [0.5, 0.6) is 0 Å². The van der Waals surface area contributed by atoms with Crippen LogP contribution in [0.2, 0.25) is 0 Å². The van der Waals surface area contributed by atoms with Gasteiger partial charge in [0.2, 0.25) is 0 Å². The van der Waals surface area contributed by atoms with E-state index in [1.807, 2.05) is 0 Å². The molecule has 18 heavy (non-hydrogen) atoms. The molecule has 0 amide bonds. The molecular weight excluding hydrogens is 327 g/mol. The van der Waals surface area contributed by atoms with Crippen LogP contribution in [0.15, 0.2) is 20.3 Å². The number of esters is 1. The number of aromatic nitrogens is 2. The lowest BCUT2D eigenvalue weighted by Crippen LogP contribution is -2.42. The van der Waals surface area contributed by atoms with Crippen molar-refractivity contribution in [1.82, 2.24) is 9.13 Å². The van der Waals surface area contributed by atoms with E-state index in [1.54, 1.807) is 6.92 Å². The number of carbonyl (C=O) groups is 1. The van der Waals surface area contributed by atoms with Crippen molar-refractivity contribution in [1.29, 1.82) is 0 Å². The van der Waals surface area contributed by atoms with E-state index in [9.17, 15) is 14.4 Å². The Morgan fingerprint density at radius 2 is 2.17 bits per heavy atom. The van der Waals surface area contributed by atoms with Gasteiger partial charge in [-0.05, 0) is 22.9 Å². The van der Waals surface area contributed by atoms with Crippen molar-refractivity contribution in [3.8, 4) is 0 Å². The molecule has 6 nitrogen and oxygen atoms in total. The molecule has 8 heteroatoms. The maximum Gasteiger partial charge on any atom is 0.334 e. The Morgan fingerprint density at radius 3 is 2.67 bits per heavy atom. The van der Waals surface area contributed by atoms with E-state index in [0.717, 1.165) is 9.13 Å². The third-order valence-corrected chi connectivity index (χ3v) is 3.21. The number of hydrogen-bond acceptors (Lipinski definition) is 4. The number of alkyl halides is 1. The summed E-state index contributed by atoms with van der Waals surface area (Å²) in [5.41, 5.74) is -1.04. The summed E-state index contributed by atoms with van der Waals surface area (Å²) in [4.78, 5) is 34.5. The standard InChI is InChI=1S/C10H12BrClN2O4/c1-6(3-12)14-9(16)8(11)4-13(10(14)17)5-18-7(2)15/h4,6H,3,5H2,1-2H3/t6-/m0/s1. The van der Waals surface area contributed by atoms with Crippen LogP contribution in [0, 0.1) is 0 Å². The largest absolute Gasteiger partial charge is 0.444 e. The second-order valence-electron chi connectivity index (χ2n) is 3.67. The van der Waals surface area contributed by atoms with Crippen LogP contribution in [0.25, 0.3) is 0 Å². The van der Waals surface area contributed by atoms with Gasteiger partial charge in [-0.2, -0.15) is 0 Å². The summed E-state index contributed by atoms with van der Waals surface area (Å²) >= 11 is 8.71. The molecule has 1 atom stereocenters. The Kier molecular flexibility index (Phi) is 5.15. The summed E-state index contributed by atoms with van der Waals surface area (Å²) in [6.45, 7) is 2.64. The fraction of sp³-hybridized carbons (Fsp3) is 0.500. The average Bonchev–Trinajstić information content (AvgIpc) is 2.31. The predicted octanol–water partition coefficient (Wildman–Crippen LogP) is 1.09. The lowest BCUT2D eigenvalue weighted by Gasteiger charge is -2.14. The van der Waals surface area contributed by atoms with Gasteiger partial charge in [-0.3, -0.25) is 18.7 Å². The fourth-order valence-corrected chi connectivity index (χ4v) is 1.87. The first-order valence-corrected chi connectivity index (χ1v) is 6.42. The summed E-state index contributed by atoms with van der Waals surface area (Å²) in [7, 11) is 0. The van der Waals surface area contributed by atoms with E-state index in [4.69, 9.17) is 16.3 Å². The van der Waals surface area contributed by atoms with E-state index in [2.05, 4.69) is 15.9 Å². The normalized spacial score (nSPS) is 12.2. The topological polar surface area (TPSA) is 70.3 Å². The third-order valence-electron chi connectivity index (χ3n) is 2.22. The third kappa shape index (κ3) is 3.23. The van der Waals surface area contributed by atoms with Gasteiger partial charge in [-0.1, -0.05) is 0 Å².